The summed E-state index contributed by atoms with van der Waals surface area (Å²) in [5.41, 5.74) is 0.182. The van der Waals surface area contributed by atoms with Crippen LogP contribution < -0.4 is 15.0 Å². The van der Waals surface area contributed by atoms with Gasteiger partial charge in [-0.1, -0.05) is 0 Å². The van der Waals surface area contributed by atoms with Crippen molar-refractivity contribution >= 4 is 17.5 Å². The highest BCUT2D eigenvalue weighted by molar-refractivity contribution is 5.95. The Morgan fingerprint density at radius 1 is 1.36 bits per heavy atom. The van der Waals surface area contributed by atoms with Crippen LogP contribution in [0.1, 0.15) is 26.7 Å². The van der Waals surface area contributed by atoms with E-state index in [2.05, 4.69) is 5.32 Å². The lowest BCUT2D eigenvalue weighted by Gasteiger charge is -2.23. The van der Waals surface area contributed by atoms with E-state index in [0.717, 1.165) is 18.7 Å². The zero-order valence-electron chi connectivity index (χ0n) is 13.0. The van der Waals surface area contributed by atoms with Gasteiger partial charge in [-0.05, 0) is 44.5 Å². The Kier molecular flexibility index (Phi) is 5.03. The second-order valence-electron chi connectivity index (χ2n) is 6.02. The molecule has 0 spiro atoms. The number of carbonyl (C=O) groups excluding carboxylic acids is 2. The highest BCUT2D eigenvalue weighted by atomic mass is 16.5. The molecule has 1 saturated heterocycles. The van der Waals surface area contributed by atoms with Crippen molar-refractivity contribution in [1.29, 1.82) is 0 Å². The van der Waals surface area contributed by atoms with Crippen LogP contribution in [0, 0.1) is 0 Å². The molecule has 0 atom stereocenters. The quantitative estimate of drug-likeness (QED) is 0.824. The summed E-state index contributed by atoms with van der Waals surface area (Å²) in [7, 11) is 0. The summed E-state index contributed by atoms with van der Waals surface area (Å²) in [6.45, 7) is 3.94. The fraction of sp³-hybridized carbons (Fsp3) is 0.500. The fourth-order valence-electron chi connectivity index (χ4n) is 2.25. The normalized spacial score (nSPS) is 15.0. The first-order chi connectivity index (χ1) is 10.4. The van der Waals surface area contributed by atoms with Crippen LogP contribution in [-0.4, -0.2) is 42.2 Å². The van der Waals surface area contributed by atoms with Gasteiger partial charge in [0.15, 0.2) is 6.61 Å². The summed E-state index contributed by atoms with van der Waals surface area (Å²) < 4.78 is 5.41. The van der Waals surface area contributed by atoms with Crippen molar-refractivity contribution in [2.24, 2.45) is 0 Å². The van der Waals surface area contributed by atoms with E-state index in [1.807, 2.05) is 12.1 Å². The Labute approximate surface area is 130 Å². The largest absolute Gasteiger partial charge is 0.484 e. The van der Waals surface area contributed by atoms with Crippen LogP contribution in [0.5, 0.6) is 5.75 Å². The van der Waals surface area contributed by atoms with E-state index in [-0.39, 0.29) is 25.0 Å². The van der Waals surface area contributed by atoms with Gasteiger partial charge in [-0.3, -0.25) is 9.59 Å². The van der Waals surface area contributed by atoms with E-state index in [1.54, 1.807) is 30.9 Å². The van der Waals surface area contributed by atoms with Crippen molar-refractivity contribution in [3.05, 3.63) is 24.3 Å². The van der Waals surface area contributed by atoms with Crippen molar-refractivity contribution in [3.63, 3.8) is 0 Å². The van der Waals surface area contributed by atoms with Gasteiger partial charge in [0.25, 0.3) is 5.91 Å². The van der Waals surface area contributed by atoms with Crippen LogP contribution >= 0.6 is 0 Å². The zero-order valence-corrected chi connectivity index (χ0v) is 13.0. The van der Waals surface area contributed by atoms with E-state index < -0.39 is 5.54 Å². The van der Waals surface area contributed by atoms with Gasteiger partial charge in [0.2, 0.25) is 5.91 Å². The summed E-state index contributed by atoms with van der Waals surface area (Å²) in [6, 6.07) is 7.11. The monoisotopic (exact) mass is 306 g/mol. The minimum atomic E-state index is -0.666. The number of nitrogens with zero attached hydrogens (tertiary/aromatic N) is 1. The maximum Gasteiger partial charge on any atom is 0.258 e. The summed E-state index contributed by atoms with van der Waals surface area (Å²) >= 11 is 0. The predicted molar refractivity (Wildman–Crippen MR) is 82.8 cm³/mol. The Morgan fingerprint density at radius 2 is 2.05 bits per heavy atom. The van der Waals surface area contributed by atoms with Gasteiger partial charge in [0.1, 0.15) is 5.75 Å². The molecule has 1 aromatic rings. The molecule has 1 aliphatic heterocycles. The minimum absolute atomic E-state index is 0.120. The van der Waals surface area contributed by atoms with Gasteiger partial charge < -0.3 is 20.1 Å². The van der Waals surface area contributed by atoms with Crippen molar-refractivity contribution in [3.8, 4) is 5.75 Å². The Balaban J connectivity index is 1.86. The first-order valence-electron chi connectivity index (χ1n) is 7.36. The highest BCUT2D eigenvalue weighted by Gasteiger charge is 2.22. The van der Waals surface area contributed by atoms with E-state index >= 15 is 0 Å². The third-order valence-corrected chi connectivity index (χ3v) is 3.46. The number of anilines is 1. The van der Waals surface area contributed by atoms with Gasteiger partial charge in [-0.15, -0.1) is 0 Å². The number of rotatable bonds is 6. The van der Waals surface area contributed by atoms with Crippen LogP contribution in [0.2, 0.25) is 0 Å². The van der Waals surface area contributed by atoms with Crippen LogP contribution in [0.15, 0.2) is 24.3 Å². The SMILES string of the molecule is CC(C)(CO)NC(=O)COc1ccc(N2CCCC2=O)cc1. The Bertz CT molecular complexity index is 540. The summed E-state index contributed by atoms with van der Waals surface area (Å²) in [6.07, 6.45) is 1.48. The summed E-state index contributed by atoms with van der Waals surface area (Å²) in [4.78, 5) is 25.1. The lowest BCUT2D eigenvalue weighted by atomic mass is 10.1. The molecule has 0 bridgehead atoms. The molecule has 6 nitrogen and oxygen atoms in total. The number of ether oxygens (including phenoxy) is 1. The average molecular weight is 306 g/mol. The maximum absolute atomic E-state index is 11.7. The van der Waals surface area contributed by atoms with Crippen LogP contribution in [-0.2, 0) is 9.59 Å². The van der Waals surface area contributed by atoms with E-state index in [9.17, 15) is 9.59 Å². The second-order valence-corrected chi connectivity index (χ2v) is 6.02. The third-order valence-electron chi connectivity index (χ3n) is 3.46. The van der Waals surface area contributed by atoms with Crippen molar-refractivity contribution in [2.45, 2.75) is 32.2 Å². The zero-order chi connectivity index (χ0) is 16.2. The van der Waals surface area contributed by atoms with Crippen molar-refractivity contribution < 1.29 is 19.4 Å². The molecule has 6 heteroatoms. The van der Waals surface area contributed by atoms with E-state index in [0.29, 0.717) is 12.2 Å². The minimum Gasteiger partial charge on any atom is -0.484 e. The first kappa shape index (κ1) is 16.3. The molecule has 120 valence electrons. The van der Waals surface area contributed by atoms with E-state index in [1.165, 1.54) is 0 Å². The number of hydrogen-bond acceptors (Lipinski definition) is 4. The van der Waals surface area contributed by atoms with Gasteiger partial charge in [-0.2, -0.15) is 0 Å². The van der Waals surface area contributed by atoms with Gasteiger partial charge in [0, 0.05) is 18.7 Å². The molecule has 1 aliphatic rings. The molecule has 0 saturated carbocycles. The molecule has 2 rings (SSSR count). The molecule has 22 heavy (non-hydrogen) atoms. The van der Waals surface area contributed by atoms with Gasteiger partial charge in [-0.25, -0.2) is 0 Å². The highest BCUT2D eigenvalue weighted by Crippen LogP contribution is 2.23. The molecule has 2 amide bonds. The number of amides is 2. The topological polar surface area (TPSA) is 78.9 Å². The van der Waals surface area contributed by atoms with Crippen LogP contribution in [0.3, 0.4) is 0 Å². The smallest absolute Gasteiger partial charge is 0.258 e. The van der Waals surface area contributed by atoms with Gasteiger partial charge in [0.05, 0.1) is 12.1 Å². The van der Waals surface area contributed by atoms with E-state index in [4.69, 9.17) is 9.84 Å². The number of nitrogens with one attached hydrogen (secondary N) is 1. The molecule has 0 unspecified atom stereocenters. The van der Waals surface area contributed by atoms with Gasteiger partial charge >= 0.3 is 0 Å². The first-order valence-corrected chi connectivity index (χ1v) is 7.36. The predicted octanol–water partition coefficient (Wildman–Crippen LogP) is 1.08. The summed E-state index contributed by atoms with van der Waals surface area (Å²) in [5.74, 6) is 0.407. The number of aliphatic hydroxyl groups excluding tert-OH is 1. The number of aliphatic hydroxyl groups is 1. The lowest BCUT2D eigenvalue weighted by Crippen LogP contribution is -2.48. The molecule has 1 fully saturated rings. The fourth-order valence-corrected chi connectivity index (χ4v) is 2.25. The molecular formula is C16H22N2O4. The molecule has 1 aromatic carbocycles. The molecule has 1 heterocycles. The number of benzene rings is 1. The third kappa shape index (κ3) is 4.21. The lowest BCUT2D eigenvalue weighted by molar-refractivity contribution is -0.125. The molecule has 0 aromatic heterocycles. The molecule has 0 aliphatic carbocycles. The standard InChI is InChI=1S/C16H22N2O4/c1-16(2,11-19)17-14(20)10-22-13-7-5-12(6-8-13)18-9-3-4-15(18)21/h5-8,19H,3-4,9-11H2,1-2H3,(H,17,20). The Morgan fingerprint density at radius 3 is 2.59 bits per heavy atom. The van der Waals surface area contributed by atoms with Crippen LogP contribution in [0.4, 0.5) is 5.69 Å². The van der Waals surface area contributed by atoms with Crippen molar-refractivity contribution in [2.75, 3.05) is 24.7 Å². The molecule has 2 N–H and O–H groups in total. The average Bonchev–Trinajstić information content (AvgIpc) is 2.91. The van der Waals surface area contributed by atoms with Crippen molar-refractivity contribution in [1.82, 2.24) is 5.32 Å². The Hall–Kier alpha value is -2.08. The maximum atomic E-state index is 11.7. The molecule has 0 radical (unpaired) electrons. The number of carbonyl (C=O) groups is 2. The van der Waals surface area contributed by atoms with Crippen LogP contribution in [0.25, 0.3) is 0 Å². The summed E-state index contributed by atoms with van der Waals surface area (Å²) in [5, 5.41) is 11.8. The second kappa shape index (κ2) is 6.79. The molecular weight excluding hydrogens is 284 g/mol. The number of hydrogen-bond donors (Lipinski definition) is 2.